The highest BCUT2D eigenvalue weighted by Gasteiger charge is 2.22. The third kappa shape index (κ3) is 3.11. The van der Waals surface area contributed by atoms with E-state index in [2.05, 4.69) is 4.74 Å². The van der Waals surface area contributed by atoms with Gasteiger partial charge in [-0.3, -0.25) is 14.9 Å². The summed E-state index contributed by atoms with van der Waals surface area (Å²) in [5, 5.41) is 10.7. The predicted molar refractivity (Wildman–Crippen MR) is 77.7 cm³/mol. The molecule has 0 unspecified atom stereocenters. The molecule has 1 aromatic heterocycles. The highest BCUT2D eigenvalue weighted by molar-refractivity contribution is 7.90. The largest absolute Gasteiger partial charge is 0.465 e. The molecule has 0 radical (unpaired) electrons. The van der Waals surface area contributed by atoms with Gasteiger partial charge < -0.3 is 4.74 Å². The van der Waals surface area contributed by atoms with Gasteiger partial charge in [-0.25, -0.2) is 17.2 Å². The van der Waals surface area contributed by atoms with E-state index in [1.165, 1.54) is 6.07 Å². The zero-order chi connectivity index (χ0) is 17.2. The van der Waals surface area contributed by atoms with Gasteiger partial charge in [-0.05, 0) is 12.1 Å². The minimum absolute atomic E-state index is 0.152. The van der Waals surface area contributed by atoms with Crippen molar-refractivity contribution in [2.24, 2.45) is 0 Å². The summed E-state index contributed by atoms with van der Waals surface area (Å²) < 4.78 is 29.8. The number of hydrogen-bond acceptors (Lipinski definition) is 7. The number of carbonyl (C=O) groups excluding carboxylic acids is 1. The lowest BCUT2D eigenvalue weighted by Gasteiger charge is -2.08. The average Bonchev–Trinajstić information content (AvgIpc) is 2.54. The summed E-state index contributed by atoms with van der Waals surface area (Å²) in [7, 11) is -3.29. The number of non-ortho nitro benzene ring substituents is 1. The van der Waals surface area contributed by atoms with E-state index in [0.29, 0.717) is 3.97 Å². The van der Waals surface area contributed by atoms with Crippen molar-refractivity contribution < 1.29 is 22.9 Å². The van der Waals surface area contributed by atoms with E-state index in [-0.39, 0.29) is 5.56 Å². The van der Waals surface area contributed by atoms with Crippen LogP contribution in [0.3, 0.4) is 0 Å². The number of carbonyl (C=O) groups is 1. The van der Waals surface area contributed by atoms with E-state index in [4.69, 9.17) is 0 Å². The van der Waals surface area contributed by atoms with Crippen LogP contribution in [0.4, 0.5) is 5.69 Å². The Bertz CT molecular complexity index is 947. The third-order valence-corrected chi connectivity index (χ3v) is 4.54. The first-order chi connectivity index (χ1) is 10.8. The van der Waals surface area contributed by atoms with E-state index >= 15 is 0 Å². The van der Waals surface area contributed by atoms with Crippen molar-refractivity contribution in [1.29, 1.82) is 0 Å². The number of nitro benzene ring substituents is 1. The zero-order valence-electron chi connectivity index (χ0n) is 11.7. The summed E-state index contributed by atoms with van der Waals surface area (Å²) in [4.78, 5) is 32.8. The van der Waals surface area contributed by atoms with Gasteiger partial charge >= 0.3 is 5.97 Å². The van der Waals surface area contributed by atoms with Crippen LogP contribution in [0.2, 0.25) is 0 Å². The quantitative estimate of drug-likeness (QED) is 0.458. The van der Waals surface area contributed by atoms with Crippen LogP contribution >= 0.6 is 0 Å². The number of aromatic nitrogens is 1. The van der Waals surface area contributed by atoms with Crippen LogP contribution < -0.4 is 5.56 Å². The number of methoxy groups -OCH3 is 1. The standard InChI is InChI=1S/C13H10N2O7S/c1-22-13(17)9-5-6-12(16)14(8-9)23(20,21)11-4-2-3-10(7-11)15(18)19/h2-8H,1H3. The molecule has 0 N–H and O–H groups in total. The van der Waals surface area contributed by atoms with Crippen molar-refractivity contribution in [2.45, 2.75) is 4.90 Å². The summed E-state index contributed by atoms with van der Waals surface area (Å²) in [5.74, 6) is -0.826. The molecule has 0 aliphatic heterocycles. The van der Waals surface area contributed by atoms with E-state index in [1.807, 2.05) is 0 Å². The molecular weight excluding hydrogens is 328 g/mol. The normalized spacial score (nSPS) is 11.0. The molecule has 10 heteroatoms. The Labute approximate surface area is 129 Å². The van der Waals surface area contributed by atoms with Crippen LogP contribution in [-0.2, 0) is 14.8 Å². The SMILES string of the molecule is COC(=O)c1ccc(=O)n(S(=O)(=O)c2cccc([N+](=O)[O-])c2)c1. The van der Waals surface area contributed by atoms with Gasteiger partial charge in [0.25, 0.3) is 21.3 Å². The van der Waals surface area contributed by atoms with E-state index < -0.39 is 37.1 Å². The fourth-order valence-corrected chi connectivity index (χ4v) is 3.06. The molecule has 0 bridgehead atoms. The number of benzene rings is 1. The van der Waals surface area contributed by atoms with Gasteiger partial charge in [0.05, 0.1) is 22.5 Å². The maximum Gasteiger partial charge on any atom is 0.339 e. The fraction of sp³-hybridized carbons (Fsp3) is 0.0769. The maximum absolute atomic E-state index is 12.5. The lowest BCUT2D eigenvalue weighted by Crippen LogP contribution is -2.27. The van der Waals surface area contributed by atoms with Crippen molar-refractivity contribution >= 4 is 21.7 Å². The molecule has 0 fully saturated rings. The van der Waals surface area contributed by atoms with Crippen molar-refractivity contribution in [3.63, 3.8) is 0 Å². The summed E-state index contributed by atoms with van der Waals surface area (Å²) in [6.07, 6.45) is 0.808. The lowest BCUT2D eigenvalue weighted by atomic mass is 10.3. The predicted octanol–water partition coefficient (Wildman–Crippen LogP) is 0.780. The Kier molecular flexibility index (Phi) is 4.27. The number of nitro groups is 1. The molecular formula is C13H10N2O7S. The van der Waals surface area contributed by atoms with E-state index in [9.17, 15) is 28.1 Å². The Hall–Kier alpha value is -3.01. The fourth-order valence-electron chi connectivity index (χ4n) is 1.77. The minimum Gasteiger partial charge on any atom is -0.465 e. The maximum atomic E-state index is 12.5. The van der Waals surface area contributed by atoms with Gasteiger partial charge in [-0.15, -0.1) is 0 Å². The molecule has 2 rings (SSSR count). The Morgan fingerprint density at radius 2 is 1.96 bits per heavy atom. The van der Waals surface area contributed by atoms with Gasteiger partial charge in [0.1, 0.15) is 0 Å². The molecule has 2 aromatic rings. The number of esters is 1. The highest BCUT2D eigenvalue weighted by Crippen LogP contribution is 2.19. The number of ether oxygens (including phenoxy) is 1. The van der Waals surface area contributed by atoms with Gasteiger partial charge in [0, 0.05) is 24.4 Å². The van der Waals surface area contributed by atoms with Crippen LogP contribution in [-0.4, -0.2) is 30.4 Å². The number of hydrogen-bond donors (Lipinski definition) is 0. The van der Waals surface area contributed by atoms with Gasteiger partial charge in [-0.1, -0.05) is 6.07 Å². The summed E-state index contributed by atoms with van der Waals surface area (Å²) in [5.41, 5.74) is -1.51. The second kappa shape index (κ2) is 6.01. The molecule has 9 nitrogen and oxygen atoms in total. The monoisotopic (exact) mass is 338 g/mol. The average molecular weight is 338 g/mol. The Morgan fingerprint density at radius 1 is 1.26 bits per heavy atom. The summed E-state index contributed by atoms with van der Waals surface area (Å²) >= 11 is 0. The molecule has 0 saturated heterocycles. The first kappa shape index (κ1) is 16.4. The second-order valence-electron chi connectivity index (χ2n) is 4.30. The smallest absolute Gasteiger partial charge is 0.339 e. The molecule has 1 aromatic carbocycles. The Balaban J connectivity index is 2.65. The minimum atomic E-state index is -4.40. The first-order valence-corrected chi connectivity index (χ1v) is 7.52. The van der Waals surface area contributed by atoms with Gasteiger partial charge in [0.2, 0.25) is 0 Å². The number of rotatable bonds is 4. The number of nitrogens with zero attached hydrogens (tertiary/aromatic N) is 2. The van der Waals surface area contributed by atoms with Crippen LogP contribution in [0.1, 0.15) is 10.4 Å². The van der Waals surface area contributed by atoms with Crippen LogP contribution in [0.15, 0.2) is 52.3 Å². The molecule has 0 amide bonds. The lowest BCUT2D eigenvalue weighted by molar-refractivity contribution is -0.385. The second-order valence-corrected chi connectivity index (χ2v) is 6.12. The molecule has 0 atom stereocenters. The summed E-state index contributed by atoms with van der Waals surface area (Å²) in [6, 6.07) is 6.24. The van der Waals surface area contributed by atoms with Crippen LogP contribution in [0, 0.1) is 10.1 Å². The van der Waals surface area contributed by atoms with Crippen LogP contribution in [0.5, 0.6) is 0 Å². The summed E-state index contributed by atoms with van der Waals surface area (Å²) in [6.45, 7) is 0. The van der Waals surface area contributed by atoms with E-state index in [0.717, 1.165) is 43.6 Å². The molecule has 120 valence electrons. The van der Waals surface area contributed by atoms with Gasteiger partial charge in [0.15, 0.2) is 0 Å². The van der Waals surface area contributed by atoms with E-state index in [1.54, 1.807) is 0 Å². The Morgan fingerprint density at radius 3 is 2.57 bits per heavy atom. The van der Waals surface area contributed by atoms with Crippen molar-refractivity contribution in [2.75, 3.05) is 7.11 Å². The van der Waals surface area contributed by atoms with Crippen molar-refractivity contribution in [3.8, 4) is 0 Å². The molecule has 0 aliphatic rings. The van der Waals surface area contributed by atoms with Gasteiger partial charge in [-0.2, -0.15) is 0 Å². The van der Waals surface area contributed by atoms with Crippen molar-refractivity contribution in [3.05, 3.63) is 68.6 Å². The zero-order valence-corrected chi connectivity index (χ0v) is 12.5. The van der Waals surface area contributed by atoms with Crippen LogP contribution in [0.25, 0.3) is 0 Å². The third-order valence-electron chi connectivity index (χ3n) is 2.89. The molecule has 1 heterocycles. The van der Waals surface area contributed by atoms with Crippen molar-refractivity contribution in [1.82, 2.24) is 3.97 Å². The number of pyridine rings is 1. The molecule has 0 saturated carbocycles. The molecule has 0 aliphatic carbocycles. The molecule has 23 heavy (non-hydrogen) atoms. The topological polar surface area (TPSA) is 126 Å². The first-order valence-electron chi connectivity index (χ1n) is 6.08. The highest BCUT2D eigenvalue weighted by atomic mass is 32.2. The molecule has 0 spiro atoms.